The average Bonchev–Trinajstić information content (AvgIpc) is 2.68. The lowest BCUT2D eigenvalue weighted by atomic mass is 9.81. The van der Waals surface area contributed by atoms with Gasteiger partial charge in [0.25, 0.3) is 0 Å². The quantitative estimate of drug-likeness (QED) is 0.772. The highest BCUT2D eigenvalue weighted by atomic mass is 35.5. The third kappa shape index (κ3) is 4.12. The second-order valence-electron chi connectivity index (χ2n) is 8.13. The Morgan fingerprint density at radius 2 is 1.93 bits per heavy atom. The van der Waals surface area contributed by atoms with Crippen LogP contribution in [0.4, 0.5) is 8.78 Å². The molecule has 2 aromatic rings. The zero-order valence-corrected chi connectivity index (χ0v) is 16.9. The Labute approximate surface area is 173 Å². The predicted octanol–water partition coefficient (Wildman–Crippen LogP) is 4.31. The summed E-state index contributed by atoms with van der Waals surface area (Å²) in [5.41, 5.74) is 1.54. The molecule has 0 radical (unpaired) electrons. The number of piperidine rings is 1. The number of rotatable bonds is 3. The van der Waals surface area contributed by atoms with Crippen LogP contribution >= 0.6 is 11.6 Å². The molecule has 0 unspecified atom stereocenters. The fraction of sp³-hybridized carbons (Fsp3) is 0.455. The van der Waals surface area contributed by atoms with Crippen LogP contribution in [0.3, 0.4) is 0 Å². The molecular weight excluding hydrogens is 400 g/mol. The molecule has 1 saturated heterocycles. The first-order chi connectivity index (χ1) is 13.8. The average molecular weight is 424 g/mol. The number of aliphatic hydroxyl groups is 2. The molecule has 156 valence electrons. The van der Waals surface area contributed by atoms with Gasteiger partial charge < -0.3 is 19.8 Å². The van der Waals surface area contributed by atoms with Crippen molar-refractivity contribution in [1.29, 1.82) is 0 Å². The molecule has 2 aliphatic heterocycles. The van der Waals surface area contributed by atoms with Crippen LogP contribution in [0.5, 0.6) is 5.75 Å². The van der Waals surface area contributed by atoms with Gasteiger partial charge in [0.05, 0.1) is 12.2 Å². The maximum Gasteiger partial charge on any atom is 0.159 e. The highest BCUT2D eigenvalue weighted by molar-refractivity contribution is 6.31. The minimum Gasteiger partial charge on any atom is -0.487 e. The number of aryl methyl sites for hydroxylation is 1. The molecular formula is C22H24ClF2NO3. The van der Waals surface area contributed by atoms with E-state index >= 15 is 0 Å². The number of hydrogen-bond acceptors (Lipinski definition) is 4. The summed E-state index contributed by atoms with van der Waals surface area (Å²) in [6.45, 7) is 3.58. The van der Waals surface area contributed by atoms with Crippen molar-refractivity contribution in [3.8, 4) is 5.75 Å². The molecule has 0 amide bonds. The largest absolute Gasteiger partial charge is 0.487 e. The Bertz CT molecular complexity index is 915. The molecule has 4 nitrogen and oxygen atoms in total. The minimum absolute atomic E-state index is 0.328. The summed E-state index contributed by atoms with van der Waals surface area (Å²) in [6, 6.07) is 7.12. The summed E-state index contributed by atoms with van der Waals surface area (Å²) in [5.74, 6) is -1.20. The molecule has 0 aliphatic carbocycles. The fourth-order valence-electron chi connectivity index (χ4n) is 4.28. The Balaban J connectivity index is 1.41. The van der Waals surface area contributed by atoms with Crippen molar-refractivity contribution in [1.82, 2.24) is 4.90 Å². The van der Waals surface area contributed by atoms with Gasteiger partial charge in [-0.2, -0.15) is 0 Å². The van der Waals surface area contributed by atoms with E-state index in [1.165, 1.54) is 6.07 Å². The van der Waals surface area contributed by atoms with Crippen LogP contribution in [-0.4, -0.2) is 40.3 Å². The van der Waals surface area contributed by atoms with Crippen LogP contribution in [0.2, 0.25) is 5.02 Å². The predicted molar refractivity (Wildman–Crippen MR) is 106 cm³/mol. The molecule has 0 saturated carbocycles. The van der Waals surface area contributed by atoms with E-state index < -0.39 is 29.4 Å². The summed E-state index contributed by atoms with van der Waals surface area (Å²) in [6.07, 6.45) is 0.378. The van der Waals surface area contributed by atoms with Crippen LogP contribution in [0.25, 0.3) is 0 Å². The van der Waals surface area contributed by atoms with Crippen LogP contribution in [0.1, 0.15) is 48.2 Å². The highest BCUT2D eigenvalue weighted by Crippen LogP contribution is 2.45. The molecule has 4 rings (SSSR count). The van der Waals surface area contributed by atoms with E-state index in [0.29, 0.717) is 55.2 Å². The van der Waals surface area contributed by atoms with E-state index in [9.17, 15) is 19.0 Å². The third-order valence-corrected chi connectivity index (χ3v) is 6.48. The molecule has 2 aliphatic rings. The van der Waals surface area contributed by atoms with E-state index in [1.54, 1.807) is 6.07 Å². The van der Waals surface area contributed by atoms with E-state index in [-0.39, 0.29) is 0 Å². The topological polar surface area (TPSA) is 52.9 Å². The zero-order valence-electron chi connectivity index (χ0n) is 16.2. The van der Waals surface area contributed by atoms with Gasteiger partial charge in [-0.1, -0.05) is 17.7 Å². The summed E-state index contributed by atoms with van der Waals surface area (Å²) in [5, 5.41) is 21.7. The highest BCUT2D eigenvalue weighted by Gasteiger charge is 2.43. The summed E-state index contributed by atoms with van der Waals surface area (Å²) < 4.78 is 32.9. The van der Waals surface area contributed by atoms with Crippen molar-refractivity contribution in [3.05, 3.63) is 63.7 Å². The fourth-order valence-corrected chi connectivity index (χ4v) is 4.45. The van der Waals surface area contributed by atoms with Gasteiger partial charge in [-0.05, 0) is 55.2 Å². The molecule has 2 aromatic carbocycles. The molecule has 7 heteroatoms. The van der Waals surface area contributed by atoms with E-state index in [2.05, 4.69) is 4.90 Å². The molecule has 29 heavy (non-hydrogen) atoms. The number of β-amino-alcohol motifs (C(OH)–C–C–N with tert-alkyl or cyclic N) is 1. The minimum atomic E-state index is -0.960. The number of fused-ring (bicyclic) bond motifs is 1. The Morgan fingerprint density at radius 1 is 1.21 bits per heavy atom. The monoisotopic (exact) mass is 423 g/mol. The van der Waals surface area contributed by atoms with Gasteiger partial charge in [-0.15, -0.1) is 0 Å². The number of aliphatic hydroxyl groups excluding tert-OH is 2. The maximum atomic E-state index is 13.4. The van der Waals surface area contributed by atoms with Gasteiger partial charge in [0.2, 0.25) is 0 Å². The van der Waals surface area contributed by atoms with Crippen LogP contribution < -0.4 is 4.74 Å². The molecule has 1 spiro atoms. The van der Waals surface area contributed by atoms with Crippen LogP contribution in [-0.2, 0) is 0 Å². The van der Waals surface area contributed by atoms with Crippen molar-refractivity contribution in [2.45, 2.75) is 44.0 Å². The Hall–Kier alpha value is -1.73. The number of halogens is 3. The number of ether oxygens (including phenoxy) is 1. The standard InChI is InChI=1S/C22H24ClF2NO3/c1-13-8-21-15(10-16(13)23)19(27)11-22(29-21)4-6-26(7-5-22)12-20(28)14-2-3-17(24)18(25)9-14/h2-3,8-10,19-20,27-28H,4-7,11-12H2,1H3/t19-,20-/m0/s1. The zero-order chi connectivity index (χ0) is 20.8. The lowest BCUT2D eigenvalue weighted by Gasteiger charge is -2.46. The summed E-state index contributed by atoms with van der Waals surface area (Å²) in [7, 11) is 0. The second-order valence-corrected chi connectivity index (χ2v) is 8.54. The van der Waals surface area contributed by atoms with Gasteiger partial charge in [0.1, 0.15) is 11.4 Å². The second kappa shape index (κ2) is 7.84. The third-order valence-electron chi connectivity index (χ3n) is 6.07. The Kier molecular flexibility index (Phi) is 5.55. The van der Waals surface area contributed by atoms with Crippen molar-refractivity contribution < 1.29 is 23.7 Å². The molecule has 2 N–H and O–H groups in total. The first kappa shape index (κ1) is 20.5. The summed E-state index contributed by atoms with van der Waals surface area (Å²) in [4.78, 5) is 2.08. The normalized spacial score (nSPS) is 22.2. The lowest BCUT2D eigenvalue weighted by molar-refractivity contribution is -0.0588. The number of hydrogen-bond donors (Lipinski definition) is 2. The van der Waals surface area contributed by atoms with Gasteiger partial charge >= 0.3 is 0 Å². The molecule has 0 aromatic heterocycles. The number of likely N-dealkylation sites (tertiary alicyclic amines) is 1. The van der Waals surface area contributed by atoms with Crippen molar-refractivity contribution in [2.24, 2.45) is 0 Å². The summed E-state index contributed by atoms with van der Waals surface area (Å²) >= 11 is 6.18. The lowest BCUT2D eigenvalue weighted by Crippen LogP contribution is -2.51. The smallest absolute Gasteiger partial charge is 0.159 e. The van der Waals surface area contributed by atoms with Gasteiger partial charge in [0.15, 0.2) is 11.6 Å². The first-order valence-electron chi connectivity index (χ1n) is 9.79. The van der Waals surface area contributed by atoms with Crippen molar-refractivity contribution >= 4 is 11.6 Å². The van der Waals surface area contributed by atoms with Crippen LogP contribution in [0.15, 0.2) is 30.3 Å². The van der Waals surface area contributed by atoms with E-state index in [4.69, 9.17) is 16.3 Å². The van der Waals surface area contributed by atoms with Gasteiger partial charge in [-0.25, -0.2) is 8.78 Å². The van der Waals surface area contributed by atoms with Gasteiger partial charge in [0, 0.05) is 36.6 Å². The van der Waals surface area contributed by atoms with E-state index in [1.807, 2.05) is 13.0 Å². The molecule has 0 bridgehead atoms. The number of nitrogens with zero attached hydrogens (tertiary/aromatic N) is 1. The Morgan fingerprint density at radius 3 is 2.62 bits per heavy atom. The maximum absolute atomic E-state index is 13.4. The molecule has 2 heterocycles. The van der Waals surface area contributed by atoms with E-state index in [0.717, 1.165) is 23.3 Å². The number of benzene rings is 2. The van der Waals surface area contributed by atoms with Crippen molar-refractivity contribution in [3.63, 3.8) is 0 Å². The van der Waals surface area contributed by atoms with Gasteiger partial charge in [-0.3, -0.25) is 0 Å². The first-order valence-corrected chi connectivity index (χ1v) is 10.2. The molecule has 1 fully saturated rings. The van der Waals surface area contributed by atoms with Crippen LogP contribution in [0, 0.1) is 18.6 Å². The molecule has 2 atom stereocenters. The SMILES string of the molecule is Cc1cc2c(cc1Cl)[C@@H](O)CC1(CCN(C[C@H](O)c3ccc(F)c(F)c3)CC1)O2. The van der Waals surface area contributed by atoms with Crippen molar-refractivity contribution in [2.75, 3.05) is 19.6 Å².